The van der Waals surface area contributed by atoms with Crippen LogP contribution in [0.2, 0.25) is 0 Å². The molecular formula is C11H22N2O2. The summed E-state index contributed by atoms with van der Waals surface area (Å²) in [5.41, 5.74) is 5.15. The van der Waals surface area contributed by atoms with Gasteiger partial charge >= 0.3 is 0 Å². The van der Waals surface area contributed by atoms with Crippen molar-refractivity contribution in [2.24, 2.45) is 17.6 Å². The molecule has 4 heteroatoms. The second kappa shape index (κ2) is 6.08. The van der Waals surface area contributed by atoms with Crippen LogP contribution in [0.5, 0.6) is 0 Å². The number of aliphatic hydroxyl groups is 1. The first-order valence-electron chi connectivity index (χ1n) is 5.79. The first kappa shape index (κ1) is 12.5. The molecule has 1 aliphatic rings. The summed E-state index contributed by atoms with van der Waals surface area (Å²) in [7, 11) is 0. The third kappa shape index (κ3) is 4.18. The van der Waals surface area contributed by atoms with Crippen LogP contribution < -0.4 is 11.1 Å². The third-order valence-electron chi connectivity index (χ3n) is 3.21. The second-order valence-electron chi connectivity index (χ2n) is 4.57. The van der Waals surface area contributed by atoms with E-state index in [-0.39, 0.29) is 17.9 Å². The highest BCUT2D eigenvalue weighted by Crippen LogP contribution is 2.23. The van der Waals surface area contributed by atoms with Gasteiger partial charge in [0, 0.05) is 19.0 Å². The fourth-order valence-corrected chi connectivity index (χ4v) is 2.01. The smallest absolute Gasteiger partial charge is 0.221 e. The van der Waals surface area contributed by atoms with E-state index in [0.717, 1.165) is 25.8 Å². The summed E-state index contributed by atoms with van der Waals surface area (Å²) < 4.78 is 0. The molecule has 1 aliphatic carbocycles. The monoisotopic (exact) mass is 214 g/mol. The Kier molecular flexibility index (Phi) is 5.05. The normalized spacial score (nSPS) is 28.7. The lowest BCUT2D eigenvalue weighted by atomic mass is 9.86. The fraction of sp³-hybridized carbons (Fsp3) is 0.909. The molecule has 4 N–H and O–H groups in total. The van der Waals surface area contributed by atoms with Gasteiger partial charge in [0.15, 0.2) is 0 Å². The van der Waals surface area contributed by atoms with Crippen molar-refractivity contribution < 1.29 is 9.90 Å². The third-order valence-corrected chi connectivity index (χ3v) is 3.21. The average Bonchev–Trinajstić information content (AvgIpc) is 2.20. The van der Waals surface area contributed by atoms with Gasteiger partial charge in [0.1, 0.15) is 0 Å². The highest BCUT2D eigenvalue weighted by molar-refractivity contribution is 5.76. The van der Waals surface area contributed by atoms with E-state index >= 15 is 0 Å². The Morgan fingerprint density at radius 2 is 2.20 bits per heavy atom. The topological polar surface area (TPSA) is 75.3 Å². The Balaban J connectivity index is 2.16. The molecule has 3 unspecified atom stereocenters. The van der Waals surface area contributed by atoms with E-state index < -0.39 is 0 Å². The van der Waals surface area contributed by atoms with Crippen molar-refractivity contribution in [3.8, 4) is 0 Å². The van der Waals surface area contributed by atoms with Crippen molar-refractivity contribution in [3.05, 3.63) is 0 Å². The van der Waals surface area contributed by atoms with Gasteiger partial charge in [0.25, 0.3) is 0 Å². The molecule has 0 aromatic rings. The largest absolute Gasteiger partial charge is 0.393 e. The van der Waals surface area contributed by atoms with Crippen LogP contribution in [0.4, 0.5) is 0 Å². The highest BCUT2D eigenvalue weighted by atomic mass is 16.3. The summed E-state index contributed by atoms with van der Waals surface area (Å²) in [4.78, 5) is 10.8. The molecule has 0 radical (unpaired) electrons. The summed E-state index contributed by atoms with van der Waals surface area (Å²) >= 11 is 0. The van der Waals surface area contributed by atoms with Gasteiger partial charge in [0.05, 0.1) is 6.10 Å². The SMILES string of the molecule is CC(CNCC1CCCCC1O)C(N)=O. The Labute approximate surface area is 91.2 Å². The molecule has 0 aromatic heterocycles. The van der Waals surface area contributed by atoms with Crippen molar-refractivity contribution in [1.29, 1.82) is 0 Å². The molecule has 1 rings (SSSR count). The Morgan fingerprint density at radius 3 is 2.80 bits per heavy atom. The number of hydrogen-bond donors (Lipinski definition) is 3. The summed E-state index contributed by atoms with van der Waals surface area (Å²) in [5, 5.41) is 12.9. The summed E-state index contributed by atoms with van der Waals surface area (Å²) in [6.45, 7) is 3.21. The molecule has 0 spiro atoms. The number of nitrogens with one attached hydrogen (secondary N) is 1. The van der Waals surface area contributed by atoms with Crippen LogP contribution in [0.15, 0.2) is 0 Å². The van der Waals surface area contributed by atoms with E-state index in [9.17, 15) is 9.90 Å². The van der Waals surface area contributed by atoms with Gasteiger partial charge in [0.2, 0.25) is 5.91 Å². The Bertz CT molecular complexity index is 209. The zero-order valence-electron chi connectivity index (χ0n) is 9.41. The van der Waals surface area contributed by atoms with E-state index in [1.807, 2.05) is 6.92 Å². The molecule has 0 heterocycles. The van der Waals surface area contributed by atoms with Crippen LogP contribution in [0.25, 0.3) is 0 Å². The first-order valence-corrected chi connectivity index (χ1v) is 5.79. The van der Waals surface area contributed by atoms with Gasteiger partial charge in [-0.3, -0.25) is 4.79 Å². The number of nitrogens with two attached hydrogens (primary N) is 1. The highest BCUT2D eigenvalue weighted by Gasteiger charge is 2.22. The number of amides is 1. The van der Waals surface area contributed by atoms with E-state index in [1.165, 1.54) is 6.42 Å². The zero-order chi connectivity index (χ0) is 11.3. The lowest BCUT2D eigenvalue weighted by molar-refractivity contribution is -0.121. The Hall–Kier alpha value is -0.610. The molecular weight excluding hydrogens is 192 g/mol. The van der Waals surface area contributed by atoms with Crippen molar-refractivity contribution in [2.75, 3.05) is 13.1 Å². The number of carbonyl (C=O) groups is 1. The maximum atomic E-state index is 10.8. The minimum absolute atomic E-state index is 0.134. The van der Waals surface area contributed by atoms with Crippen LogP contribution >= 0.6 is 0 Å². The molecule has 0 aliphatic heterocycles. The van der Waals surface area contributed by atoms with Crippen LogP contribution in [0, 0.1) is 11.8 Å². The van der Waals surface area contributed by atoms with Crippen molar-refractivity contribution in [1.82, 2.24) is 5.32 Å². The number of aliphatic hydroxyl groups excluding tert-OH is 1. The van der Waals surface area contributed by atoms with Gasteiger partial charge in [-0.15, -0.1) is 0 Å². The van der Waals surface area contributed by atoms with E-state index in [1.54, 1.807) is 0 Å². The van der Waals surface area contributed by atoms with E-state index in [2.05, 4.69) is 5.32 Å². The maximum Gasteiger partial charge on any atom is 0.221 e. The van der Waals surface area contributed by atoms with Gasteiger partial charge in [-0.1, -0.05) is 19.8 Å². The number of carbonyl (C=O) groups excluding carboxylic acids is 1. The lowest BCUT2D eigenvalue weighted by Crippen LogP contribution is -2.37. The molecule has 4 nitrogen and oxygen atoms in total. The van der Waals surface area contributed by atoms with Crippen LogP contribution in [0.3, 0.4) is 0 Å². The lowest BCUT2D eigenvalue weighted by Gasteiger charge is -2.28. The number of hydrogen-bond acceptors (Lipinski definition) is 3. The summed E-state index contributed by atoms with van der Waals surface area (Å²) in [6, 6.07) is 0. The van der Waals surface area contributed by atoms with Gasteiger partial charge in [-0.05, 0) is 18.8 Å². The quantitative estimate of drug-likeness (QED) is 0.614. The van der Waals surface area contributed by atoms with Crippen LogP contribution in [-0.4, -0.2) is 30.2 Å². The first-order chi connectivity index (χ1) is 7.11. The molecule has 88 valence electrons. The molecule has 0 bridgehead atoms. The molecule has 1 amide bonds. The van der Waals surface area contributed by atoms with Crippen molar-refractivity contribution in [3.63, 3.8) is 0 Å². The van der Waals surface area contributed by atoms with Crippen molar-refractivity contribution in [2.45, 2.75) is 38.7 Å². The number of rotatable bonds is 5. The zero-order valence-corrected chi connectivity index (χ0v) is 9.41. The van der Waals surface area contributed by atoms with Crippen molar-refractivity contribution >= 4 is 5.91 Å². The van der Waals surface area contributed by atoms with E-state index in [0.29, 0.717) is 12.5 Å². The average molecular weight is 214 g/mol. The number of primary amides is 1. The fourth-order valence-electron chi connectivity index (χ4n) is 2.01. The molecule has 0 aromatic carbocycles. The molecule has 0 saturated heterocycles. The summed E-state index contributed by atoms with van der Waals surface area (Å²) in [5.74, 6) is -0.0590. The molecule has 3 atom stereocenters. The second-order valence-corrected chi connectivity index (χ2v) is 4.57. The predicted molar refractivity (Wildman–Crippen MR) is 59.2 cm³/mol. The standard InChI is InChI=1S/C11H22N2O2/c1-8(11(12)15)6-13-7-9-4-2-3-5-10(9)14/h8-10,13-14H,2-7H2,1H3,(H2,12,15). The molecule has 1 saturated carbocycles. The predicted octanol–water partition coefficient (Wildman–Crippen LogP) is 0.248. The molecule has 15 heavy (non-hydrogen) atoms. The van der Waals surface area contributed by atoms with Gasteiger partial charge in [-0.25, -0.2) is 0 Å². The van der Waals surface area contributed by atoms with E-state index in [4.69, 9.17) is 5.73 Å². The molecule has 1 fully saturated rings. The van der Waals surface area contributed by atoms with Gasteiger partial charge < -0.3 is 16.2 Å². The minimum Gasteiger partial charge on any atom is -0.393 e. The Morgan fingerprint density at radius 1 is 1.53 bits per heavy atom. The van der Waals surface area contributed by atoms with Crippen LogP contribution in [0.1, 0.15) is 32.6 Å². The summed E-state index contributed by atoms with van der Waals surface area (Å²) in [6.07, 6.45) is 4.16. The minimum atomic E-state index is -0.272. The van der Waals surface area contributed by atoms with Crippen LogP contribution in [-0.2, 0) is 4.79 Å². The maximum absolute atomic E-state index is 10.8. The van der Waals surface area contributed by atoms with Gasteiger partial charge in [-0.2, -0.15) is 0 Å².